The average Bonchev–Trinajstić information content (AvgIpc) is 3.09. The molecule has 254 valence electrons. The number of unbranched alkanes of at least 4 members (excludes halogenated alkanes) is 6. The normalized spacial score (nSPS) is 14.4. The van der Waals surface area contributed by atoms with E-state index < -0.39 is 26.6 Å². The topological polar surface area (TPSA) is 54.0 Å². The molecule has 46 heavy (non-hydrogen) atoms. The molecule has 5 nitrogen and oxygen atoms in total. The van der Waals surface area contributed by atoms with Crippen LogP contribution in [0.25, 0.3) is 0 Å². The Morgan fingerprint density at radius 1 is 0.761 bits per heavy atom. The van der Waals surface area contributed by atoms with Crippen LogP contribution in [0.15, 0.2) is 98.1 Å². The number of ether oxygens (including phenoxy) is 3. The van der Waals surface area contributed by atoms with Gasteiger partial charge < -0.3 is 18.6 Å². The van der Waals surface area contributed by atoms with Crippen LogP contribution in [0.5, 0.6) is 0 Å². The van der Waals surface area contributed by atoms with Gasteiger partial charge in [0.2, 0.25) is 0 Å². The lowest BCUT2D eigenvalue weighted by Crippen LogP contribution is -2.48. The van der Waals surface area contributed by atoms with E-state index in [9.17, 15) is 4.79 Å². The summed E-state index contributed by atoms with van der Waals surface area (Å²) >= 11 is 0. The highest BCUT2D eigenvalue weighted by atomic mass is 28.4. The number of carbonyl (C=O) groups excluding carboxylic acids is 1. The minimum absolute atomic E-state index is 0.145. The molecule has 0 amide bonds. The van der Waals surface area contributed by atoms with Crippen LogP contribution in [0.1, 0.15) is 90.2 Å². The van der Waals surface area contributed by atoms with E-state index in [0.29, 0.717) is 13.2 Å². The van der Waals surface area contributed by atoms with Crippen molar-refractivity contribution >= 4 is 14.3 Å². The average molecular weight is 649 g/mol. The highest BCUT2D eigenvalue weighted by Crippen LogP contribution is 2.28. The van der Waals surface area contributed by atoms with Crippen LogP contribution < -0.4 is 0 Å². The van der Waals surface area contributed by atoms with Gasteiger partial charge in [-0.2, -0.15) is 0 Å². The van der Waals surface area contributed by atoms with Crippen LogP contribution in [0, 0.1) is 0 Å². The Morgan fingerprint density at radius 3 is 1.85 bits per heavy atom. The van der Waals surface area contributed by atoms with E-state index in [1.807, 2.05) is 79.7 Å². The fourth-order valence-corrected chi connectivity index (χ4v) is 8.40. The quantitative estimate of drug-likeness (QED) is 0.0334. The number of rotatable bonds is 26. The highest BCUT2D eigenvalue weighted by molar-refractivity contribution is 6.73. The standard InChI is InChI=1S/C40H60O5Si/c1-7-12-13-14-15-16-17-20-25-34(6)44-39(41)31-30-38(45-46(9-3,10-4)11-5)40(43-33-36-28-23-19-24-29-36)37(8-2)42-32-35-26-21-18-22-27-35/h7-8,18-19,21-24,26-31,34,37-38,40H,1-2,9-17,20,25,32-33H2,3-6H3/b31-30+/t34-,37+,38+,40-/m0/s1. The Balaban J connectivity index is 2.20. The van der Waals surface area contributed by atoms with E-state index in [-0.39, 0.29) is 12.1 Å². The zero-order valence-corrected chi connectivity index (χ0v) is 30.0. The molecule has 0 bridgehead atoms. The van der Waals surface area contributed by atoms with Crippen molar-refractivity contribution in [3.8, 4) is 0 Å². The second-order valence-corrected chi connectivity index (χ2v) is 16.9. The van der Waals surface area contributed by atoms with E-state index in [2.05, 4.69) is 33.9 Å². The molecule has 0 saturated carbocycles. The van der Waals surface area contributed by atoms with E-state index >= 15 is 0 Å². The van der Waals surface area contributed by atoms with Crippen LogP contribution >= 0.6 is 0 Å². The number of esters is 1. The molecule has 2 aromatic rings. The van der Waals surface area contributed by atoms with Crippen molar-refractivity contribution in [1.82, 2.24) is 0 Å². The Morgan fingerprint density at radius 2 is 1.30 bits per heavy atom. The third-order valence-corrected chi connectivity index (χ3v) is 13.4. The summed E-state index contributed by atoms with van der Waals surface area (Å²) in [6.07, 6.45) is 14.6. The SMILES string of the molecule is C=CCCCCCCCC[C@H](C)OC(=O)/C=C/[C@@H](O[Si](CC)(CC)CC)[C@@H](OCc1ccccc1)[C@@H](C=C)OCc1ccccc1. The van der Waals surface area contributed by atoms with Gasteiger partial charge in [-0.1, -0.05) is 119 Å². The van der Waals surface area contributed by atoms with Crippen LogP contribution in [0.3, 0.4) is 0 Å². The fraction of sp³-hybridized carbons (Fsp3) is 0.525. The summed E-state index contributed by atoms with van der Waals surface area (Å²) in [6.45, 7) is 17.3. The summed E-state index contributed by atoms with van der Waals surface area (Å²) < 4.78 is 25.9. The highest BCUT2D eigenvalue weighted by Gasteiger charge is 2.37. The summed E-state index contributed by atoms with van der Waals surface area (Å²) in [6, 6.07) is 23.1. The predicted octanol–water partition coefficient (Wildman–Crippen LogP) is 10.5. The second-order valence-electron chi connectivity index (χ2n) is 12.2. The molecule has 0 aliphatic rings. The van der Waals surface area contributed by atoms with Crippen molar-refractivity contribution in [2.75, 3.05) is 0 Å². The summed E-state index contributed by atoms with van der Waals surface area (Å²) in [5.74, 6) is -0.357. The van der Waals surface area contributed by atoms with E-state index in [4.69, 9.17) is 18.6 Å². The number of hydrogen-bond donors (Lipinski definition) is 0. The van der Waals surface area contributed by atoms with Crippen molar-refractivity contribution in [3.63, 3.8) is 0 Å². The lowest BCUT2D eigenvalue weighted by molar-refractivity contribution is -0.142. The minimum Gasteiger partial charge on any atom is -0.460 e. The van der Waals surface area contributed by atoms with Gasteiger partial charge >= 0.3 is 5.97 Å². The van der Waals surface area contributed by atoms with Crippen LogP contribution in [0.4, 0.5) is 0 Å². The molecule has 0 saturated heterocycles. The van der Waals surface area contributed by atoms with Crippen LogP contribution in [0.2, 0.25) is 18.1 Å². The van der Waals surface area contributed by atoms with E-state index in [1.165, 1.54) is 31.8 Å². The first-order chi connectivity index (χ1) is 22.4. The molecule has 6 heteroatoms. The number of benzene rings is 2. The van der Waals surface area contributed by atoms with Gasteiger partial charge in [0, 0.05) is 6.08 Å². The van der Waals surface area contributed by atoms with E-state index in [0.717, 1.165) is 54.9 Å². The van der Waals surface area contributed by atoms with Gasteiger partial charge in [0.1, 0.15) is 12.2 Å². The minimum atomic E-state index is -2.12. The van der Waals surface area contributed by atoms with Gasteiger partial charge in [-0.3, -0.25) is 0 Å². The number of allylic oxidation sites excluding steroid dienone is 1. The third kappa shape index (κ3) is 15.2. The largest absolute Gasteiger partial charge is 0.460 e. The third-order valence-electron chi connectivity index (χ3n) is 8.78. The lowest BCUT2D eigenvalue weighted by atomic mass is 10.1. The number of hydrogen-bond acceptors (Lipinski definition) is 5. The Kier molecular flexibility index (Phi) is 20.2. The monoisotopic (exact) mass is 648 g/mol. The Hall–Kier alpha value is -2.77. The molecule has 2 rings (SSSR count). The first-order valence-corrected chi connectivity index (χ1v) is 20.0. The van der Waals surface area contributed by atoms with Crippen molar-refractivity contribution in [2.24, 2.45) is 0 Å². The Labute approximate surface area is 281 Å². The smallest absolute Gasteiger partial charge is 0.330 e. The Bertz CT molecular complexity index is 1110. The maximum absolute atomic E-state index is 13.1. The van der Waals surface area contributed by atoms with Crippen LogP contribution in [-0.4, -0.2) is 38.7 Å². The molecule has 0 heterocycles. The van der Waals surface area contributed by atoms with Crippen molar-refractivity contribution < 1.29 is 23.4 Å². The van der Waals surface area contributed by atoms with Crippen molar-refractivity contribution in [3.05, 3.63) is 109 Å². The van der Waals surface area contributed by atoms with Crippen LogP contribution in [-0.2, 0) is 36.6 Å². The summed E-state index contributed by atoms with van der Waals surface area (Å²) in [5, 5.41) is 0. The van der Waals surface area contributed by atoms with E-state index in [1.54, 1.807) is 6.08 Å². The molecule has 2 aromatic carbocycles. The molecule has 0 aliphatic carbocycles. The molecule has 0 radical (unpaired) electrons. The van der Waals surface area contributed by atoms with Gasteiger partial charge in [0.25, 0.3) is 0 Å². The molecule has 0 N–H and O–H groups in total. The molecule has 4 atom stereocenters. The molecule has 0 aromatic heterocycles. The zero-order chi connectivity index (χ0) is 33.5. The molecule has 0 aliphatic heterocycles. The first-order valence-electron chi connectivity index (χ1n) is 17.5. The number of carbonyl (C=O) groups is 1. The van der Waals surface area contributed by atoms with Gasteiger partial charge in [-0.25, -0.2) is 4.79 Å². The second kappa shape index (κ2) is 23.5. The molecule has 0 unspecified atom stereocenters. The fourth-order valence-electron chi connectivity index (χ4n) is 5.61. The maximum atomic E-state index is 13.1. The summed E-state index contributed by atoms with van der Waals surface area (Å²) in [7, 11) is -2.12. The van der Waals surface area contributed by atoms with Crippen molar-refractivity contribution in [1.29, 1.82) is 0 Å². The zero-order valence-electron chi connectivity index (χ0n) is 29.0. The predicted molar refractivity (Wildman–Crippen MR) is 194 cm³/mol. The first kappa shape index (κ1) is 39.4. The van der Waals surface area contributed by atoms with Gasteiger partial charge in [-0.05, 0) is 67.9 Å². The summed E-state index contributed by atoms with van der Waals surface area (Å²) in [5.41, 5.74) is 2.12. The van der Waals surface area contributed by atoms with Gasteiger partial charge in [-0.15, -0.1) is 13.2 Å². The molecule has 0 spiro atoms. The van der Waals surface area contributed by atoms with Gasteiger partial charge in [0.15, 0.2) is 8.32 Å². The van der Waals surface area contributed by atoms with Gasteiger partial charge in [0.05, 0.1) is 25.4 Å². The molecule has 0 fully saturated rings. The lowest BCUT2D eigenvalue weighted by Gasteiger charge is -2.38. The maximum Gasteiger partial charge on any atom is 0.330 e. The summed E-state index contributed by atoms with van der Waals surface area (Å²) in [4.78, 5) is 13.1. The van der Waals surface area contributed by atoms with Crippen molar-refractivity contribution in [2.45, 2.75) is 135 Å². The molecular weight excluding hydrogens is 589 g/mol. The molecular formula is C40H60O5Si.